The van der Waals surface area contributed by atoms with Crippen LogP contribution in [0, 0.1) is 5.92 Å². The van der Waals surface area contributed by atoms with E-state index in [4.69, 9.17) is 4.74 Å². The van der Waals surface area contributed by atoms with E-state index in [2.05, 4.69) is 6.58 Å². The van der Waals surface area contributed by atoms with Gasteiger partial charge in [-0.1, -0.05) is 25.8 Å². The number of rotatable bonds is 2. The quantitative estimate of drug-likeness (QED) is 0.670. The summed E-state index contributed by atoms with van der Waals surface area (Å²) in [6, 6.07) is 0. The lowest BCUT2D eigenvalue weighted by Crippen LogP contribution is -2.43. The third-order valence-electron chi connectivity index (χ3n) is 4.05. The SMILES string of the molecule is C=C(C)C(=O)C1CCOC2(CCCCC2)C1. The highest BCUT2D eigenvalue weighted by Crippen LogP contribution is 2.41. The average Bonchev–Trinajstić information content (AvgIpc) is 2.29. The summed E-state index contributed by atoms with van der Waals surface area (Å²) < 4.78 is 5.98. The van der Waals surface area contributed by atoms with Crippen LogP contribution in [0.1, 0.15) is 51.9 Å². The van der Waals surface area contributed by atoms with Crippen molar-refractivity contribution in [3.8, 4) is 0 Å². The molecule has 0 N–H and O–H groups in total. The van der Waals surface area contributed by atoms with Gasteiger partial charge < -0.3 is 4.74 Å². The van der Waals surface area contributed by atoms with Crippen LogP contribution in [0.5, 0.6) is 0 Å². The molecule has 1 aliphatic heterocycles. The molecule has 1 aliphatic carbocycles. The first-order valence-corrected chi connectivity index (χ1v) is 6.47. The third-order valence-corrected chi connectivity index (χ3v) is 4.05. The molecule has 1 atom stereocenters. The maximum absolute atomic E-state index is 12.0. The number of carbonyl (C=O) groups excluding carboxylic acids is 1. The van der Waals surface area contributed by atoms with Crippen molar-refractivity contribution < 1.29 is 9.53 Å². The molecule has 2 rings (SSSR count). The Hall–Kier alpha value is -0.630. The fraction of sp³-hybridized carbons (Fsp3) is 0.786. The van der Waals surface area contributed by atoms with Crippen molar-refractivity contribution in [3.05, 3.63) is 12.2 Å². The highest BCUT2D eigenvalue weighted by atomic mass is 16.5. The highest BCUT2D eigenvalue weighted by molar-refractivity contribution is 5.96. The summed E-state index contributed by atoms with van der Waals surface area (Å²) in [6.07, 6.45) is 7.94. The minimum absolute atomic E-state index is 0.0340. The molecule has 1 saturated carbocycles. The van der Waals surface area contributed by atoms with Crippen LogP contribution in [0.2, 0.25) is 0 Å². The fourth-order valence-electron chi connectivity index (χ4n) is 3.14. The van der Waals surface area contributed by atoms with Gasteiger partial charge in [0.05, 0.1) is 5.60 Å². The van der Waals surface area contributed by atoms with Gasteiger partial charge in [0.2, 0.25) is 0 Å². The molecule has 1 unspecified atom stereocenters. The van der Waals surface area contributed by atoms with Crippen molar-refractivity contribution in [2.24, 2.45) is 5.92 Å². The zero-order valence-electron chi connectivity index (χ0n) is 10.3. The second-order valence-corrected chi connectivity index (χ2v) is 5.43. The minimum Gasteiger partial charge on any atom is -0.375 e. The molecule has 1 spiro atoms. The predicted octanol–water partition coefficient (Wildman–Crippen LogP) is 3.26. The van der Waals surface area contributed by atoms with Crippen LogP contribution in [-0.4, -0.2) is 18.0 Å². The number of allylic oxidation sites excluding steroid dienone is 1. The first-order valence-electron chi connectivity index (χ1n) is 6.47. The normalized spacial score (nSPS) is 28.9. The highest BCUT2D eigenvalue weighted by Gasteiger charge is 2.40. The molecular formula is C14H22O2. The predicted molar refractivity (Wildman–Crippen MR) is 64.3 cm³/mol. The zero-order valence-corrected chi connectivity index (χ0v) is 10.3. The summed E-state index contributed by atoms with van der Waals surface area (Å²) in [6.45, 7) is 6.35. The van der Waals surface area contributed by atoms with E-state index in [9.17, 15) is 4.79 Å². The zero-order chi connectivity index (χ0) is 11.6. The lowest BCUT2D eigenvalue weighted by Gasteiger charge is -2.43. The first kappa shape index (κ1) is 11.8. The molecular weight excluding hydrogens is 200 g/mol. The van der Waals surface area contributed by atoms with E-state index in [0.717, 1.165) is 32.3 Å². The van der Waals surface area contributed by atoms with E-state index in [-0.39, 0.29) is 17.3 Å². The van der Waals surface area contributed by atoms with Crippen LogP contribution >= 0.6 is 0 Å². The van der Waals surface area contributed by atoms with E-state index in [0.29, 0.717) is 5.57 Å². The molecule has 90 valence electrons. The van der Waals surface area contributed by atoms with Crippen LogP contribution in [0.3, 0.4) is 0 Å². The van der Waals surface area contributed by atoms with Gasteiger partial charge in [-0.15, -0.1) is 0 Å². The van der Waals surface area contributed by atoms with Crippen molar-refractivity contribution in [1.82, 2.24) is 0 Å². The Bertz CT molecular complexity index is 282. The minimum atomic E-state index is 0.0340. The topological polar surface area (TPSA) is 26.3 Å². The third kappa shape index (κ3) is 2.37. The number of Topliss-reactive ketones (excluding diaryl/α,β-unsaturated/α-hetero) is 1. The summed E-state index contributed by atoms with van der Waals surface area (Å²) in [4.78, 5) is 12.0. The van der Waals surface area contributed by atoms with E-state index in [1.165, 1.54) is 19.3 Å². The molecule has 0 aromatic carbocycles. The Morgan fingerprint density at radius 1 is 1.31 bits per heavy atom. The number of ketones is 1. The number of hydrogen-bond donors (Lipinski definition) is 0. The summed E-state index contributed by atoms with van der Waals surface area (Å²) in [5.74, 6) is 0.428. The van der Waals surface area contributed by atoms with E-state index >= 15 is 0 Å². The van der Waals surface area contributed by atoms with E-state index in [1.54, 1.807) is 0 Å². The van der Waals surface area contributed by atoms with Crippen LogP contribution < -0.4 is 0 Å². The van der Waals surface area contributed by atoms with Crippen molar-refractivity contribution in [3.63, 3.8) is 0 Å². The van der Waals surface area contributed by atoms with Gasteiger partial charge in [-0.3, -0.25) is 4.79 Å². The molecule has 0 radical (unpaired) electrons. The Morgan fingerprint density at radius 3 is 2.62 bits per heavy atom. The molecule has 16 heavy (non-hydrogen) atoms. The molecule has 2 fully saturated rings. The van der Waals surface area contributed by atoms with E-state index < -0.39 is 0 Å². The van der Waals surface area contributed by atoms with E-state index in [1.807, 2.05) is 6.92 Å². The monoisotopic (exact) mass is 222 g/mol. The summed E-state index contributed by atoms with van der Waals surface area (Å²) in [5, 5.41) is 0. The Morgan fingerprint density at radius 2 is 2.00 bits per heavy atom. The maximum Gasteiger partial charge on any atom is 0.161 e. The molecule has 1 saturated heterocycles. The maximum atomic E-state index is 12.0. The molecule has 2 heteroatoms. The van der Waals surface area contributed by atoms with Crippen molar-refractivity contribution in [2.75, 3.05) is 6.61 Å². The van der Waals surface area contributed by atoms with Crippen LogP contribution in [0.15, 0.2) is 12.2 Å². The van der Waals surface area contributed by atoms with Gasteiger partial charge in [-0.2, -0.15) is 0 Å². The summed E-state index contributed by atoms with van der Waals surface area (Å²) in [7, 11) is 0. The Labute approximate surface area is 98.1 Å². The first-order chi connectivity index (χ1) is 7.63. The molecule has 0 bridgehead atoms. The molecule has 2 aliphatic rings. The Balaban J connectivity index is 2.03. The van der Waals surface area contributed by atoms with Crippen LogP contribution in [0.4, 0.5) is 0 Å². The number of carbonyl (C=O) groups is 1. The van der Waals surface area contributed by atoms with Gasteiger partial charge in [-0.05, 0) is 38.2 Å². The smallest absolute Gasteiger partial charge is 0.161 e. The summed E-state index contributed by atoms with van der Waals surface area (Å²) >= 11 is 0. The molecule has 0 amide bonds. The molecule has 2 nitrogen and oxygen atoms in total. The van der Waals surface area contributed by atoms with Gasteiger partial charge in [-0.25, -0.2) is 0 Å². The lowest BCUT2D eigenvalue weighted by atomic mass is 9.74. The van der Waals surface area contributed by atoms with Gasteiger partial charge in [0.1, 0.15) is 0 Å². The summed E-state index contributed by atoms with van der Waals surface area (Å²) in [5.41, 5.74) is 0.740. The van der Waals surface area contributed by atoms with Gasteiger partial charge in [0, 0.05) is 12.5 Å². The lowest BCUT2D eigenvalue weighted by molar-refractivity contribution is -0.139. The van der Waals surface area contributed by atoms with Gasteiger partial charge in [0.25, 0.3) is 0 Å². The molecule has 0 aromatic heterocycles. The molecule has 0 aromatic rings. The second-order valence-electron chi connectivity index (χ2n) is 5.43. The second kappa shape index (κ2) is 4.70. The van der Waals surface area contributed by atoms with Gasteiger partial charge >= 0.3 is 0 Å². The van der Waals surface area contributed by atoms with Gasteiger partial charge in [0.15, 0.2) is 5.78 Å². The average molecular weight is 222 g/mol. The van der Waals surface area contributed by atoms with Crippen molar-refractivity contribution >= 4 is 5.78 Å². The van der Waals surface area contributed by atoms with Crippen LogP contribution in [-0.2, 0) is 9.53 Å². The van der Waals surface area contributed by atoms with Crippen LogP contribution in [0.25, 0.3) is 0 Å². The fourth-order valence-corrected chi connectivity index (χ4v) is 3.14. The van der Waals surface area contributed by atoms with Crippen molar-refractivity contribution in [1.29, 1.82) is 0 Å². The largest absolute Gasteiger partial charge is 0.375 e. The standard InChI is InChI=1S/C14H22O2/c1-11(2)13(15)12-6-9-16-14(10-12)7-4-3-5-8-14/h12H,1,3-10H2,2H3. The number of hydrogen-bond acceptors (Lipinski definition) is 2. The molecule has 1 heterocycles. The number of ether oxygens (including phenoxy) is 1. The van der Waals surface area contributed by atoms with Crippen molar-refractivity contribution in [2.45, 2.75) is 57.5 Å². The Kier molecular flexibility index (Phi) is 3.48.